The molecule has 5 heteroatoms. The normalized spacial score (nSPS) is 12.0. The van der Waals surface area contributed by atoms with E-state index in [0.29, 0.717) is 17.0 Å². The van der Waals surface area contributed by atoms with E-state index >= 15 is 0 Å². The van der Waals surface area contributed by atoms with Crippen LogP contribution in [0, 0.1) is 6.92 Å². The van der Waals surface area contributed by atoms with Crippen LogP contribution in [0.3, 0.4) is 0 Å². The fourth-order valence-corrected chi connectivity index (χ4v) is 2.83. The van der Waals surface area contributed by atoms with Gasteiger partial charge in [0.25, 0.3) is 11.8 Å². The summed E-state index contributed by atoms with van der Waals surface area (Å²) in [5, 5.41) is 5.67. The van der Waals surface area contributed by atoms with Gasteiger partial charge in [0.15, 0.2) is 6.10 Å². The summed E-state index contributed by atoms with van der Waals surface area (Å²) in [5.41, 5.74) is 3.02. The monoisotopic (exact) mass is 382 g/mol. The lowest BCUT2D eigenvalue weighted by Crippen LogP contribution is -2.33. The van der Waals surface area contributed by atoms with Crippen molar-refractivity contribution in [3.05, 3.63) is 59.2 Å². The second-order valence-electron chi connectivity index (χ2n) is 7.62. The third-order valence-electron chi connectivity index (χ3n) is 4.31. The molecule has 0 fully saturated rings. The molecule has 0 bridgehead atoms. The van der Waals surface area contributed by atoms with Crippen molar-refractivity contribution < 1.29 is 14.3 Å². The molecule has 0 aliphatic rings. The van der Waals surface area contributed by atoms with Crippen molar-refractivity contribution >= 4 is 17.5 Å². The summed E-state index contributed by atoms with van der Waals surface area (Å²) >= 11 is 0. The zero-order valence-corrected chi connectivity index (χ0v) is 17.5. The molecular formula is C23H30N2O3. The first kappa shape index (κ1) is 21.5. The molecule has 1 atom stereocenters. The molecule has 0 aromatic heterocycles. The Kier molecular flexibility index (Phi) is 7.21. The van der Waals surface area contributed by atoms with E-state index in [9.17, 15) is 9.59 Å². The van der Waals surface area contributed by atoms with E-state index in [-0.39, 0.29) is 23.8 Å². The van der Waals surface area contributed by atoms with E-state index in [1.54, 1.807) is 31.2 Å². The maximum absolute atomic E-state index is 12.7. The topological polar surface area (TPSA) is 67.4 Å². The van der Waals surface area contributed by atoms with Gasteiger partial charge in [-0.25, -0.2) is 0 Å². The smallest absolute Gasteiger partial charge is 0.265 e. The van der Waals surface area contributed by atoms with E-state index < -0.39 is 6.10 Å². The molecule has 2 N–H and O–H groups in total. The summed E-state index contributed by atoms with van der Waals surface area (Å²) in [4.78, 5) is 25.1. The number of carbonyl (C=O) groups is 2. The van der Waals surface area contributed by atoms with Gasteiger partial charge in [0.2, 0.25) is 0 Å². The Morgan fingerprint density at radius 3 is 2.29 bits per heavy atom. The highest BCUT2D eigenvalue weighted by Gasteiger charge is 2.20. The van der Waals surface area contributed by atoms with Crippen LogP contribution in [0.2, 0.25) is 0 Å². The van der Waals surface area contributed by atoms with Gasteiger partial charge in [-0.1, -0.05) is 38.1 Å². The van der Waals surface area contributed by atoms with E-state index in [4.69, 9.17) is 4.74 Å². The van der Waals surface area contributed by atoms with Crippen LogP contribution < -0.4 is 15.4 Å². The van der Waals surface area contributed by atoms with Crippen molar-refractivity contribution in [2.24, 2.45) is 0 Å². The predicted octanol–water partition coefficient (Wildman–Crippen LogP) is 4.66. The van der Waals surface area contributed by atoms with Gasteiger partial charge in [0.1, 0.15) is 5.75 Å². The maximum atomic E-state index is 12.7. The molecule has 0 aliphatic carbocycles. The number of hydrogen-bond acceptors (Lipinski definition) is 3. The lowest BCUT2D eigenvalue weighted by atomic mass is 10.0. The largest absolute Gasteiger partial charge is 0.481 e. The summed E-state index contributed by atoms with van der Waals surface area (Å²) in [6.45, 7) is 11.7. The van der Waals surface area contributed by atoms with Crippen LogP contribution in [0.1, 0.15) is 62.0 Å². The van der Waals surface area contributed by atoms with Crippen molar-refractivity contribution in [1.29, 1.82) is 0 Å². The molecule has 0 spiro atoms. The van der Waals surface area contributed by atoms with Crippen molar-refractivity contribution in [3.8, 4) is 5.75 Å². The minimum Gasteiger partial charge on any atom is -0.481 e. The van der Waals surface area contributed by atoms with Gasteiger partial charge in [0.05, 0.1) is 11.3 Å². The minimum absolute atomic E-state index is 0.00860. The van der Waals surface area contributed by atoms with Crippen molar-refractivity contribution in [3.63, 3.8) is 0 Å². The van der Waals surface area contributed by atoms with Gasteiger partial charge in [0, 0.05) is 6.04 Å². The molecule has 0 aliphatic heterocycles. The number of benzene rings is 2. The van der Waals surface area contributed by atoms with Gasteiger partial charge in [-0.15, -0.1) is 0 Å². The third kappa shape index (κ3) is 5.59. The highest BCUT2D eigenvalue weighted by atomic mass is 16.5. The fraction of sp³-hybridized carbons (Fsp3) is 0.391. The second-order valence-corrected chi connectivity index (χ2v) is 7.62. The molecular weight excluding hydrogens is 352 g/mol. The first-order valence-corrected chi connectivity index (χ1v) is 9.67. The zero-order valence-electron chi connectivity index (χ0n) is 17.5. The summed E-state index contributed by atoms with van der Waals surface area (Å²) in [6, 6.07) is 13.0. The number of rotatable bonds is 7. The molecule has 0 saturated carbocycles. The van der Waals surface area contributed by atoms with Gasteiger partial charge < -0.3 is 15.4 Å². The van der Waals surface area contributed by atoms with Crippen LogP contribution in [-0.4, -0.2) is 24.0 Å². The van der Waals surface area contributed by atoms with Crippen LogP contribution in [0.5, 0.6) is 5.75 Å². The van der Waals surface area contributed by atoms with Crippen molar-refractivity contribution in [2.45, 2.75) is 59.6 Å². The first-order valence-electron chi connectivity index (χ1n) is 9.67. The molecule has 2 rings (SSSR count). The lowest BCUT2D eigenvalue weighted by molar-refractivity contribution is -0.122. The highest BCUT2D eigenvalue weighted by molar-refractivity contribution is 6.04. The number of amides is 2. The summed E-state index contributed by atoms with van der Waals surface area (Å²) in [7, 11) is 0. The standard InChI is InChI=1S/C23H30N2O3/c1-14(2)18-12-11-16(5)13-21(18)28-17(6)22(26)25-20-10-8-7-9-19(20)23(27)24-15(3)4/h7-15,17H,1-6H3,(H,24,27)(H,25,26)/t17-/m0/s1. The van der Waals surface area contributed by atoms with Crippen LogP contribution in [-0.2, 0) is 4.79 Å². The Balaban J connectivity index is 2.16. The minimum atomic E-state index is -0.708. The zero-order chi connectivity index (χ0) is 20.8. The first-order chi connectivity index (χ1) is 13.2. The molecule has 0 radical (unpaired) electrons. The summed E-state index contributed by atoms with van der Waals surface area (Å²) in [5.74, 6) is 0.469. The van der Waals surface area contributed by atoms with E-state index in [0.717, 1.165) is 11.1 Å². The van der Waals surface area contributed by atoms with Gasteiger partial charge in [-0.3, -0.25) is 9.59 Å². The highest BCUT2D eigenvalue weighted by Crippen LogP contribution is 2.28. The quantitative estimate of drug-likeness (QED) is 0.732. The second kappa shape index (κ2) is 9.40. The molecule has 2 aromatic rings. The van der Waals surface area contributed by atoms with Crippen LogP contribution in [0.15, 0.2) is 42.5 Å². The predicted molar refractivity (Wildman–Crippen MR) is 113 cm³/mol. The number of carbonyl (C=O) groups excluding carboxylic acids is 2. The Labute approximate surface area is 167 Å². The molecule has 0 unspecified atom stereocenters. The van der Waals surface area contributed by atoms with E-state index in [1.165, 1.54) is 0 Å². The number of hydrogen-bond donors (Lipinski definition) is 2. The molecule has 28 heavy (non-hydrogen) atoms. The van der Waals surface area contributed by atoms with Crippen LogP contribution in [0.25, 0.3) is 0 Å². The summed E-state index contributed by atoms with van der Waals surface area (Å²) < 4.78 is 5.97. The Hall–Kier alpha value is -2.82. The van der Waals surface area contributed by atoms with Gasteiger partial charge in [-0.2, -0.15) is 0 Å². The Morgan fingerprint density at radius 1 is 0.964 bits per heavy atom. The van der Waals surface area contributed by atoms with Crippen LogP contribution >= 0.6 is 0 Å². The Morgan fingerprint density at radius 2 is 1.64 bits per heavy atom. The maximum Gasteiger partial charge on any atom is 0.265 e. The number of anilines is 1. The Bertz CT molecular complexity index is 843. The van der Waals surface area contributed by atoms with Gasteiger partial charge >= 0.3 is 0 Å². The molecule has 5 nitrogen and oxygen atoms in total. The third-order valence-corrected chi connectivity index (χ3v) is 4.31. The van der Waals surface area contributed by atoms with E-state index in [1.807, 2.05) is 39.0 Å². The number of para-hydroxylation sites is 1. The fourth-order valence-electron chi connectivity index (χ4n) is 2.83. The van der Waals surface area contributed by atoms with Crippen molar-refractivity contribution in [1.82, 2.24) is 5.32 Å². The molecule has 0 heterocycles. The average molecular weight is 383 g/mol. The molecule has 0 saturated heterocycles. The number of ether oxygens (including phenoxy) is 1. The summed E-state index contributed by atoms with van der Waals surface area (Å²) in [6.07, 6.45) is -0.708. The van der Waals surface area contributed by atoms with E-state index in [2.05, 4.69) is 24.5 Å². The van der Waals surface area contributed by atoms with Gasteiger partial charge in [-0.05, 0) is 62.9 Å². The van der Waals surface area contributed by atoms with Crippen molar-refractivity contribution in [2.75, 3.05) is 5.32 Å². The average Bonchev–Trinajstić information content (AvgIpc) is 2.61. The molecule has 2 amide bonds. The number of nitrogens with one attached hydrogen (secondary N) is 2. The molecule has 2 aromatic carbocycles. The SMILES string of the molecule is Cc1ccc(C(C)C)c(O[C@@H](C)C(=O)Nc2ccccc2C(=O)NC(C)C)c1. The molecule has 150 valence electrons. The number of aryl methyl sites for hydroxylation is 1. The van der Waals surface area contributed by atoms with Crippen LogP contribution in [0.4, 0.5) is 5.69 Å². The lowest BCUT2D eigenvalue weighted by Gasteiger charge is -2.20.